The molecule has 7 heteroatoms. The van der Waals surface area contributed by atoms with Crippen LogP contribution in [0, 0.1) is 0 Å². The number of carboxylic acids is 1. The molecule has 0 saturated heterocycles. The Morgan fingerprint density at radius 2 is 2.41 bits per heavy atom. The number of nitrogens with zero attached hydrogens (tertiary/aromatic N) is 3. The number of H-pyrrole nitrogens is 1. The smallest absolute Gasteiger partial charge is 0.313 e. The SMILES string of the molecule is O=C(O)CSc1n[nH]c(Cc2cccnc2)n1. The molecule has 2 aromatic heterocycles. The molecule has 0 unspecified atom stereocenters. The van der Waals surface area contributed by atoms with Gasteiger partial charge < -0.3 is 5.11 Å². The third-order valence-corrected chi connectivity index (χ3v) is 2.76. The van der Waals surface area contributed by atoms with Gasteiger partial charge in [0.15, 0.2) is 0 Å². The predicted molar refractivity (Wildman–Crippen MR) is 61.8 cm³/mol. The van der Waals surface area contributed by atoms with Crippen LogP contribution >= 0.6 is 11.8 Å². The lowest BCUT2D eigenvalue weighted by atomic mass is 10.2. The van der Waals surface area contributed by atoms with Crippen molar-refractivity contribution in [2.75, 3.05) is 5.75 Å². The van der Waals surface area contributed by atoms with E-state index < -0.39 is 5.97 Å². The van der Waals surface area contributed by atoms with Crippen LogP contribution in [-0.4, -0.2) is 37.0 Å². The standard InChI is InChI=1S/C10H10N4O2S/c15-9(16)6-17-10-12-8(13-14-10)4-7-2-1-3-11-5-7/h1-3,5H,4,6H2,(H,15,16)(H,12,13,14). The molecule has 0 aliphatic carbocycles. The van der Waals surface area contributed by atoms with Gasteiger partial charge in [-0.25, -0.2) is 4.98 Å². The van der Waals surface area contributed by atoms with E-state index in [4.69, 9.17) is 5.11 Å². The van der Waals surface area contributed by atoms with E-state index in [-0.39, 0.29) is 5.75 Å². The van der Waals surface area contributed by atoms with Crippen LogP contribution in [0.25, 0.3) is 0 Å². The number of nitrogens with one attached hydrogen (secondary N) is 1. The van der Waals surface area contributed by atoms with E-state index in [1.165, 1.54) is 0 Å². The van der Waals surface area contributed by atoms with Gasteiger partial charge in [0, 0.05) is 18.8 Å². The molecule has 2 rings (SSSR count). The maximum Gasteiger partial charge on any atom is 0.313 e. The first-order chi connectivity index (χ1) is 8.24. The highest BCUT2D eigenvalue weighted by Gasteiger charge is 2.06. The quantitative estimate of drug-likeness (QED) is 0.768. The van der Waals surface area contributed by atoms with E-state index in [0.29, 0.717) is 17.4 Å². The van der Waals surface area contributed by atoms with Crippen molar-refractivity contribution >= 4 is 17.7 Å². The summed E-state index contributed by atoms with van der Waals surface area (Å²) in [5.74, 6) is -0.219. The number of carbonyl (C=O) groups is 1. The van der Waals surface area contributed by atoms with Crippen LogP contribution in [0.2, 0.25) is 0 Å². The molecule has 0 fully saturated rings. The zero-order valence-electron chi connectivity index (χ0n) is 8.83. The van der Waals surface area contributed by atoms with E-state index in [0.717, 1.165) is 17.3 Å². The van der Waals surface area contributed by atoms with Crippen molar-refractivity contribution in [3.8, 4) is 0 Å². The second-order valence-electron chi connectivity index (χ2n) is 3.29. The fraction of sp³-hybridized carbons (Fsp3) is 0.200. The summed E-state index contributed by atoms with van der Waals surface area (Å²) in [6, 6.07) is 3.80. The minimum atomic E-state index is -0.881. The fourth-order valence-corrected chi connectivity index (χ4v) is 1.78. The Labute approximate surface area is 101 Å². The number of aromatic amines is 1. The number of hydrogen-bond donors (Lipinski definition) is 2. The number of rotatable bonds is 5. The first kappa shape index (κ1) is 11.6. The average molecular weight is 250 g/mol. The Bertz CT molecular complexity index is 500. The zero-order valence-corrected chi connectivity index (χ0v) is 9.65. The summed E-state index contributed by atoms with van der Waals surface area (Å²) in [7, 11) is 0. The lowest BCUT2D eigenvalue weighted by Crippen LogP contribution is -1.97. The van der Waals surface area contributed by atoms with Gasteiger partial charge in [-0.2, -0.15) is 0 Å². The second-order valence-corrected chi connectivity index (χ2v) is 4.23. The van der Waals surface area contributed by atoms with Gasteiger partial charge in [0.05, 0.1) is 5.75 Å². The van der Waals surface area contributed by atoms with Crippen LogP contribution in [-0.2, 0) is 11.2 Å². The first-order valence-electron chi connectivity index (χ1n) is 4.89. The Hall–Kier alpha value is -1.89. The van der Waals surface area contributed by atoms with Crippen LogP contribution in [0.4, 0.5) is 0 Å². The molecule has 17 heavy (non-hydrogen) atoms. The molecule has 0 aromatic carbocycles. The third-order valence-electron chi connectivity index (χ3n) is 1.93. The average Bonchev–Trinajstić information content (AvgIpc) is 2.75. The van der Waals surface area contributed by atoms with Crippen molar-refractivity contribution in [2.24, 2.45) is 0 Å². The van der Waals surface area contributed by atoms with E-state index in [1.807, 2.05) is 12.1 Å². The molecule has 0 radical (unpaired) electrons. The van der Waals surface area contributed by atoms with Crippen molar-refractivity contribution < 1.29 is 9.90 Å². The van der Waals surface area contributed by atoms with Gasteiger partial charge in [0.1, 0.15) is 5.82 Å². The minimum absolute atomic E-state index is 0.0375. The Morgan fingerprint density at radius 1 is 1.53 bits per heavy atom. The van der Waals surface area contributed by atoms with Gasteiger partial charge in [-0.3, -0.25) is 14.9 Å². The first-order valence-corrected chi connectivity index (χ1v) is 5.87. The van der Waals surface area contributed by atoms with Crippen molar-refractivity contribution in [3.05, 3.63) is 35.9 Å². The molecule has 0 amide bonds. The summed E-state index contributed by atoms with van der Waals surface area (Å²) in [5, 5.41) is 15.7. The summed E-state index contributed by atoms with van der Waals surface area (Å²) in [6.45, 7) is 0. The summed E-state index contributed by atoms with van der Waals surface area (Å²) in [5.41, 5.74) is 1.03. The van der Waals surface area contributed by atoms with Crippen LogP contribution in [0.5, 0.6) is 0 Å². The normalized spacial score (nSPS) is 10.4. The lowest BCUT2D eigenvalue weighted by molar-refractivity contribution is -0.133. The number of carboxylic acid groups (broad SMARTS) is 1. The van der Waals surface area contributed by atoms with Gasteiger partial charge in [-0.05, 0) is 11.6 Å². The van der Waals surface area contributed by atoms with Crippen molar-refractivity contribution in [2.45, 2.75) is 11.6 Å². The largest absolute Gasteiger partial charge is 0.481 e. The van der Waals surface area contributed by atoms with Crippen LogP contribution in [0.3, 0.4) is 0 Å². The van der Waals surface area contributed by atoms with Gasteiger partial charge in [-0.15, -0.1) is 5.10 Å². The molecule has 0 saturated carbocycles. The summed E-state index contributed by atoms with van der Waals surface area (Å²) in [4.78, 5) is 18.6. The van der Waals surface area contributed by atoms with E-state index in [9.17, 15) is 4.79 Å². The highest BCUT2D eigenvalue weighted by Crippen LogP contribution is 2.13. The topological polar surface area (TPSA) is 91.8 Å². The minimum Gasteiger partial charge on any atom is -0.481 e. The molecule has 0 spiro atoms. The molecule has 0 aliphatic rings. The predicted octanol–water partition coefficient (Wildman–Crippen LogP) is 0.967. The number of aromatic nitrogens is 4. The zero-order chi connectivity index (χ0) is 12.1. The van der Waals surface area contributed by atoms with Crippen LogP contribution in [0.15, 0.2) is 29.7 Å². The molecule has 0 aliphatic heterocycles. The Morgan fingerprint density at radius 3 is 3.12 bits per heavy atom. The summed E-state index contributed by atoms with van der Waals surface area (Å²) >= 11 is 1.09. The van der Waals surface area contributed by atoms with Crippen molar-refractivity contribution in [3.63, 3.8) is 0 Å². The molecule has 6 nitrogen and oxygen atoms in total. The fourth-order valence-electron chi connectivity index (χ4n) is 1.24. The van der Waals surface area contributed by atoms with E-state index in [1.54, 1.807) is 12.4 Å². The van der Waals surface area contributed by atoms with Gasteiger partial charge in [0.2, 0.25) is 5.16 Å². The molecule has 2 N–H and O–H groups in total. The monoisotopic (exact) mass is 250 g/mol. The number of pyridine rings is 1. The summed E-state index contributed by atoms with van der Waals surface area (Å²) in [6.07, 6.45) is 4.07. The number of hydrogen-bond acceptors (Lipinski definition) is 5. The highest BCUT2D eigenvalue weighted by atomic mass is 32.2. The summed E-state index contributed by atoms with van der Waals surface area (Å²) < 4.78 is 0. The van der Waals surface area contributed by atoms with E-state index in [2.05, 4.69) is 20.2 Å². The third kappa shape index (κ3) is 3.56. The van der Waals surface area contributed by atoms with Gasteiger partial charge in [0.25, 0.3) is 0 Å². The molecule has 2 aromatic rings. The van der Waals surface area contributed by atoms with Crippen LogP contribution in [0.1, 0.15) is 11.4 Å². The maximum atomic E-state index is 10.4. The molecular formula is C10H10N4O2S. The molecule has 0 atom stereocenters. The molecule has 2 heterocycles. The lowest BCUT2D eigenvalue weighted by Gasteiger charge is -1.94. The maximum absolute atomic E-state index is 10.4. The second kappa shape index (κ2) is 5.44. The number of thioether (sulfide) groups is 1. The highest BCUT2D eigenvalue weighted by molar-refractivity contribution is 7.99. The van der Waals surface area contributed by atoms with E-state index >= 15 is 0 Å². The number of aliphatic carboxylic acids is 1. The van der Waals surface area contributed by atoms with Gasteiger partial charge in [-0.1, -0.05) is 17.8 Å². The van der Waals surface area contributed by atoms with Crippen molar-refractivity contribution in [1.82, 2.24) is 20.2 Å². The van der Waals surface area contributed by atoms with Gasteiger partial charge >= 0.3 is 5.97 Å². The molecular weight excluding hydrogens is 240 g/mol. The molecule has 88 valence electrons. The molecule has 0 bridgehead atoms. The van der Waals surface area contributed by atoms with Crippen LogP contribution < -0.4 is 0 Å². The Balaban J connectivity index is 1.97. The van der Waals surface area contributed by atoms with Crippen molar-refractivity contribution in [1.29, 1.82) is 0 Å². The Kier molecular flexibility index (Phi) is 3.71.